The van der Waals surface area contributed by atoms with Gasteiger partial charge < -0.3 is 13.9 Å². The van der Waals surface area contributed by atoms with Gasteiger partial charge in [-0.25, -0.2) is 13.8 Å². The molecule has 9 nitrogen and oxygen atoms in total. The Balaban J connectivity index is 1.73. The molecule has 2 atom stereocenters. The molecule has 0 fully saturated rings. The molecule has 1 unspecified atom stereocenters. The Labute approximate surface area is 218 Å². The zero-order valence-corrected chi connectivity index (χ0v) is 20.5. The number of nitro groups is 1. The fourth-order valence-corrected chi connectivity index (χ4v) is 3.93. The Kier molecular flexibility index (Phi) is 8.23. The van der Waals surface area contributed by atoms with E-state index in [1.807, 2.05) is 18.2 Å². The van der Waals surface area contributed by atoms with Crippen molar-refractivity contribution in [3.8, 4) is 17.5 Å². The molecule has 0 saturated heterocycles. The average Bonchev–Trinajstić information content (AvgIpc) is 3.35. The number of allylic oxidation sites excluding steroid dienone is 2. The number of pyridine rings is 1. The van der Waals surface area contributed by atoms with Gasteiger partial charge in [0.25, 0.3) is 11.8 Å². The van der Waals surface area contributed by atoms with Gasteiger partial charge in [0.15, 0.2) is 0 Å². The molecule has 0 radical (unpaired) electrons. The van der Waals surface area contributed by atoms with E-state index in [1.54, 1.807) is 12.1 Å². The average molecular weight is 554 g/mol. The second kappa shape index (κ2) is 11.4. The standard InChI is InChI=1S/C25H23F5N4O5/c1-15-7-5-6-11-24(26,27)17(10-12-37-14-16-8-3-2-4-9-16)22-32-33-23(39-22)20-19(34(35)36)13-18(25(28,29)30)21(31-20)38-15/h2-4,6,8-9,11,13,15,17H,5,7,10,12,14H2,1H3/b11-6+/t15-,17?/m1/s1. The number of aromatic nitrogens is 3. The minimum Gasteiger partial charge on any atom is -0.474 e. The molecular formula is C25H23F5N4O5. The third-order valence-electron chi connectivity index (χ3n) is 5.93. The molecule has 3 heterocycles. The predicted octanol–water partition coefficient (Wildman–Crippen LogP) is 6.50. The molecule has 208 valence electrons. The Hall–Kier alpha value is -3.94. The molecule has 14 heteroatoms. The van der Waals surface area contributed by atoms with Crippen molar-refractivity contribution in [3.63, 3.8) is 0 Å². The number of hydrogen-bond donors (Lipinski definition) is 0. The lowest BCUT2D eigenvalue weighted by Gasteiger charge is -2.22. The van der Waals surface area contributed by atoms with Crippen LogP contribution in [0.2, 0.25) is 0 Å². The molecule has 0 amide bonds. The highest BCUT2D eigenvalue weighted by atomic mass is 19.4. The van der Waals surface area contributed by atoms with Gasteiger partial charge in [-0.1, -0.05) is 36.4 Å². The highest BCUT2D eigenvalue weighted by Crippen LogP contribution is 2.43. The van der Waals surface area contributed by atoms with Gasteiger partial charge in [0.1, 0.15) is 11.5 Å². The topological polar surface area (TPSA) is 113 Å². The fourth-order valence-electron chi connectivity index (χ4n) is 3.93. The van der Waals surface area contributed by atoms with Crippen LogP contribution in [0.15, 0.2) is 53.0 Å². The van der Waals surface area contributed by atoms with Gasteiger partial charge in [-0.2, -0.15) is 13.2 Å². The zero-order valence-electron chi connectivity index (χ0n) is 20.5. The van der Waals surface area contributed by atoms with Crippen LogP contribution in [0.1, 0.15) is 49.1 Å². The molecule has 0 spiro atoms. The number of hydrogen-bond acceptors (Lipinski definition) is 8. The van der Waals surface area contributed by atoms with Crippen LogP contribution in [0.25, 0.3) is 11.6 Å². The smallest absolute Gasteiger partial charge is 0.421 e. The lowest BCUT2D eigenvalue weighted by molar-refractivity contribution is -0.384. The summed E-state index contributed by atoms with van der Waals surface area (Å²) in [5, 5.41) is 18.9. The van der Waals surface area contributed by atoms with Gasteiger partial charge >= 0.3 is 11.9 Å². The molecule has 2 aromatic heterocycles. The van der Waals surface area contributed by atoms with Crippen molar-refractivity contribution < 1.29 is 40.8 Å². The number of alkyl halides is 5. The van der Waals surface area contributed by atoms with Crippen molar-refractivity contribution in [2.24, 2.45) is 0 Å². The maximum absolute atomic E-state index is 15.3. The molecule has 1 aliphatic heterocycles. The number of rotatable bonds is 6. The highest BCUT2D eigenvalue weighted by molar-refractivity contribution is 5.64. The van der Waals surface area contributed by atoms with Gasteiger partial charge in [-0.15, -0.1) is 10.2 Å². The van der Waals surface area contributed by atoms with Crippen LogP contribution >= 0.6 is 0 Å². The number of halogens is 5. The van der Waals surface area contributed by atoms with E-state index in [0.29, 0.717) is 6.08 Å². The molecule has 1 aliphatic rings. The van der Waals surface area contributed by atoms with Crippen molar-refractivity contribution >= 4 is 5.69 Å². The van der Waals surface area contributed by atoms with Gasteiger partial charge in [0.2, 0.25) is 17.5 Å². The predicted molar refractivity (Wildman–Crippen MR) is 126 cm³/mol. The van der Waals surface area contributed by atoms with Gasteiger partial charge in [-0.05, 0) is 37.8 Å². The van der Waals surface area contributed by atoms with Gasteiger partial charge in [0, 0.05) is 12.7 Å². The van der Waals surface area contributed by atoms with E-state index in [2.05, 4.69) is 15.2 Å². The van der Waals surface area contributed by atoms with Crippen molar-refractivity contribution in [2.75, 3.05) is 6.61 Å². The monoisotopic (exact) mass is 554 g/mol. The summed E-state index contributed by atoms with van der Waals surface area (Å²) in [6.45, 7) is 1.49. The number of benzene rings is 1. The van der Waals surface area contributed by atoms with Crippen LogP contribution in [0.5, 0.6) is 5.88 Å². The molecule has 0 saturated carbocycles. The Morgan fingerprint density at radius 2 is 1.95 bits per heavy atom. The van der Waals surface area contributed by atoms with E-state index >= 15 is 8.78 Å². The second-order valence-electron chi connectivity index (χ2n) is 8.87. The summed E-state index contributed by atoms with van der Waals surface area (Å²) in [6.07, 6.45) is -4.21. The molecule has 0 aliphatic carbocycles. The molecule has 3 aromatic rings. The van der Waals surface area contributed by atoms with Crippen LogP contribution in [0.4, 0.5) is 27.6 Å². The quantitative estimate of drug-likeness (QED) is 0.112. The minimum atomic E-state index is -5.02. The number of ether oxygens (including phenoxy) is 2. The number of fused-ring (bicyclic) bond motifs is 5. The highest BCUT2D eigenvalue weighted by Gasteiger charge is 2.43. The summed E-state index contributed by atoms with van der Waals surface area (Å²) >= 11 is 0. The van der Waals surface area contributed by atoms with Crippen molar-refractivity contribution in [1.82, 2.24) is 15.2 Å². The van der Waals surface area contributed by atoms with Crippen LogP contribution in [-0.2, 0) is 17.5 Å². The van der Waals surface area contributed by atoms with E-state index in [0.717, 1.165) is 5.56 Å². The van der Waals surface area contributed by atoms with E-state index < -0.39 is 63.7 Å². The van der Waals surface area contributed by atoms with Gasteiger partial charge in [0.05, 0.1) is 17.6 Å². The normalized spacial score (nSPS) is 20.1. The SMILES string of the molecule is C[C@@H]1CC/C=C/C(F)(F)C(CCOCc2ccccc2)c2nnc(o2)-c2nc(c(C(F)(F)F)cc2[N+](=O)[O-])O1. The molecular weight excluding hydrogens is 531 g/mol. The zero-order chi connectivity index (χ0) is 28.2. The first kappa shape index (κ1) is 28.1. The van der Waals surface area contributed by atoms with Crippen molar-refractivity contribution in [2.45, 2.75) is 56.9 Å². The molecule has 4 rings (SSSR count). The minimum absolute atomic E-state index is 0.0459. The van der Waals surface area contributed by atoms with E-state index in [-0.39, 0.29) is 38.5 Å². The summed E-state index contributed by atoms with van der Waals surface area (Å²) in [7, 11) is 0. The van der Waals surface area contributed by atoms with Crippen molar-refractivity contribution in [1.29, 1.82) is 0 Å². The lowest BCUT2D eigenvalue weighted by atomic mass is 9.96. The Bertz CT molecular complexity index is 1330. The van der Waals surface area contributed by atoms with Crippen LogP contribution in [0.3, 0.4) is 0 Å². The second-order valence-corrected chi connectivity index (χ2v) is 8.87. The molecule has 4 bridgehead atoms. The molecule has 1 aromatic carbocycles. The van der Waals surface area contributed by atoms with Crippen LogP contribution in [0, 0.1) is 10.1 Å². The summed E-state index contributed by atoms with van der Waals surface area (Å²) in [5.41, 5.74) is -2.46. The third kappa shape index (κ3) is 6.74. The summed E-state index contributed by atoms with van der Waals surface area (Å²) < 4.78 is 88.0. The first-order valence-corrected chi connectivity index (χ1v) is 11.9. The van der Waals surface area contributed by atoms with Gasteiger partial charge in [-0.3, -0.25) is 10.1 Å². The first-order chi connectivity index (χ1) is 18.5. The third-order valence-corrected chi connectivity index (χ3v) is 5.93. The van der Waals surface area contributed by atoms with Crippen LogP contribution < -0.4 is 4.74 Å². The summed E-state index contributed by atoms with van der Waals surface area (Å²) in [5.74, 6) is -7.37. The van der Waals surface area contributed by atoms with E-state index in [1.165, 1.54) is 13.0 Å². The lowest BCUT2D eigenvalue weighted by Crippen LogP contribution is -2.26. The number of nitrogens with zero attached hydrogens (tertiary/aromatic N) is 4. The van der Waals surface area contributed by atoms with Crippen molar-refractivity contribution in [3.05, 3.63) is 75.7 Å². The maximum atomic E-state index is 15.3. The Morgan fingerprint density at radius 3 is 2.64 bits per heavy atom. The van der Waals surface area contributed by atoms with E-state index in [4.69, 9.17) is 13.9 Å². The molecule has 0 N–H and O–H groups in total. The maximum Gasteiger partial charge on any atom is 0.421 e. The van der Waals surface area contributed by atoms with E-state index in [9.17, 15) is 23.3 Å². The van der Waals surface area contributed by atoms with Crippen LogP contribution in [-0.4, -0.2) is 38.7 Å². The summed E-state index contributed by atoms with van der Waals surface area (Å²) in [4.78, 5) is 14.2. The first-order valence-electron chi connectivity index (χ1n) is 11.9. The largest absolute Gasteiger partial charge is 0.474 e. The Morgan fingerprint density at radius 1 is 1.21 bits per heavy atom. The summed E-state index contributed by atoms with van der Waals surface area (Å²) in [6, 6.07) is 9.31. The molecule has 39 heavy (non-hydrogen) atoms. The fraction of sp³-hybridized carbons (Fsp3) is 0.400.